The van der Waals surface area contributed by atoms with Crippen LogP contribution in [-0.4, -0.2) is 77.3 Å². The third-order valence-electron chi connectivity index (χ3n) is 3.42. The summed E-state index contributed by atoms with van der Waals surface area (Å²) in [6, 6.07) is 0. The van der Waals surface area contributed by atoms with E-state index >= 15 is 0 Å². The molecule has 0 radical (unpaired) electrons. The number of unbranched alkanes of at least 4 members (excludes halogenated alkanes) is 1. The van der Waals surface area contributed by atoms with E-state index in [1.54, 1.807) is 0 Å². The van der Waals surface area contributed by atoms with E-state index in [0.29, 0.717) is 65.6 Å². The van der Waals surface area contributed by atoms with Crippen LogP contribution in [0.5, 0.6) is 0 Å². The Kier molecular flexibility index (Phi) is 20.6. The fourth-order valence-electron chi connectivity index (χ4n) is 2.16. The molecule has 0 aromatic heterocycles. The molecule has 0 aliphatic rings. The minimum Gasteiger partial charge on any atom is -0.394 e. The lowest BCUT2D eigenvalue weighted by atomic mass is 10.1. The van der Waals surface area contributed by atoms with E-state index in [2.05, 4.69) is 13.8 Å². The maximum atomic E-state index is 8.52. The first-order valence-electron chi connectivity index (χ1n) is 9.38. The van der Waals surface area contributed by atoms with E-state index in [1.807, 2.05) is 0 Å². The van der Waals surface area contributed by atoms with Gasteiger partial charge < -0.3 is 28.8 Å². The van der Waals surface area contributed by atoms with Crippen LogP contribution >= 0.6 is 0 Å². The minimum absolute atomic E-state index is 0.0478. The molecule has 0 amide bonds. The first-order chi connectivity index (χ1) is 11.8. The van der Waals surface area contributed by atoms with Crippen molar-refractivity contribution in [2.24, 2.45) is 0 Å². The largest absolute Gasteiger partial charge is 0.394 e. The molecule has 1 N–H and O–H groups in total. The second kappa shape index (κ2) is 20.8. The molecule has 0 aromatic carbocycles. The Morgan fingerprint density at radius 3 is 1.58 bits per heavy atom. The molecule has 1 unspecified atom stereocenters. The Morgan fingerprint density at radius 2 is 1.12 bits per heavy atom. The standard InChI is InChI=1S/C18H38O6/c1-3-5-7-18(6-4-2)24-17-16-23-15-14-22-13-12-21-11-10-20-9-8-19/h18-19H,3-17H2,1-2H3. The zero-order valence-electron chi connectivity index (χ0n) is 15.7. The zero-order valence-corrected chi connectivity index (χ0v) is 15.7. The monoisotopic (exact) mass is 350 g/mol. The summed E-state index contributed by atoms with van der Waals surface area (Å²) in [6.45, 7) is 9.36. The second-order valence-corrected chi connectivity index (χ2v) is 5.60. The van der Waals surface area contributed by atoms with Crippen molar-refractivity contribution in [1.82, 2.24) is 0 Å². The third-order valence-corrected chi connectivity index (χ3v) is 3.42. The summed E-state index contributed by atoms with van der Waals surface area (Å²) in [4.78, 5) is 0. The lowest BCUT2D eigenvalue weighted by molar-refractivity contribution is -0.0268. The minimum atomic E-state index is 0.0478. The Balaban J connectivity index is 3.21. The summed E-state index contributed by atoms with van der Waals surface area (Å²) in [5.41, 5.74) is 0. The molecule has 6 heteroatoms. The van der Waals surface area contributed by atoms with Crippen LogP contribution < -0.4 is 0 Å². The molecule has 0 heterocycles. The van der Waals surface area contributed by atoms with E-state index in [4.69, 9.17) is 28.8 Å². The lowest BCUT2D eigenvalue weighted by Crippen LogP contribution is -2.17. The van der Waals surface area contributed by atoms with Gasteiger partial charge in [-0.3, -0.25) is 0 Å². The summed E-state index contributed by atoms with van der Waals surface area (Å²) >= 11 is 0. The third kappa shape index (κ3) is 18.1. The molecule has 0 saturated heterocycles. The van der Waals surface area contributed by atoms with Crippen molar-refractivity contribution in [3.63, 3.8) is 0 Å². The van der Waals surface area contributed by atoms with Crippen LogP contribution in [0, 0.1) is 0 Å². The quantitative estimate of drug-likeness (QED) is 0.340. The van der Waals surface area contributed by atoms with Crippen LogP contribution in [0.4, 0.5) is 0 Å². The van der Waals surface area contributed by atoms with Gasteiger partial charge in [0.25, 0.3) is 0 Å². The van der Waals surface area contributed by atoms with Gasteiger partial charge in [-0.1, -0.05) is 33.1 Å². The normalized spacial score (nSPS) is 12.6. The SMILES string of the molecule is CCCCC(CCC)OCCOCCOCCOCCOCCO. The first kappa shape index (κ1) is 23.8. The van der Waals surface area contributed by atoms with Crippen LogP contribution in [0.1, 0.15) is 46.0 Å². The zero-order chi connectivity index (χ0) is 17.7. The molecule has 0 aliphatic carbocycles. The fourth-order valence-corrected chi connectivity index (χ4v) is 2.16. The van der Waals surface area contributed by atoms with Crippen molar-refractivity contribution in [3.8, 4) is 0 Å². The average Bonchev–Trinajstić information content (AvgIpc) is 2.59. The maximum Gasteiger partial charge on any atom is 0.0704 e. The van der Waals surface area contributed by atoms with Crippen molar-refractivity contribution in [3.05, 3.63) is 0 Å². The predicted molar refractivity (Wildman–Crippen MR) is 94.5 cm³/mol. The van der Waals surface area contributed by atoms with E-state index in [1.165, 1.54) is 19.3 Å². The highest BCUT2D eigenvalue weighted by atomic mass is 16.6. The second-order valence-electron chi connectivity index (χ2n) is 5.60. The molecule has 0 saturated carbocycles. The lowest BCUT2D eigenvalue weighted by Gasteiger charge is -2.17. The molecule has 0 fully saturated rings. The molecule has 1 atom stereocenters. The molecule has 0 bridgehead atoms. The molecule has 0 rings (SSSR count). The highest BCUT2D eigenvalue weighted by Crippen LogP contribution is 2.10. The van der Waals surface area contributed by atoms with Crippen molar-refractivity contribution in [2.75, 3.05) is 66.1 Å². The van der Waals surface area contributed by atoms with Gasteiger partial charge in [0.15, 0.2) is 0 Å². The van der Waals surface area contributed by atoms with Gasteiger partial charge >= 0.3 is 0 Å². The summed E-state index contributed by atoms with van der Waals surface area (Å²) in [5, 5.41) is 8.52. The van der Waals surface area contributed by atoms with Gasteiger partial charge in [0.05, 0.1) is 72.2 Å². The number of aliphatic hydroxyl groups excluding tert-OH is 1. The van der Waals surface area contributed by atoms with Crippen molar-refractivity contribution in [2.45, 2.75) is 52.1 Å². The van der Waals surface area contributed by atoms with Crippen LogP contribution in [0.25, 0.3) is 0 Å². The summed E-state index contributed by atoms with van der Waals surface area (Å²) in [5.74, 6) is 0. The summed E-state index contributed by atoms with van der Waals surface area (Å²) in [6.07, 6.45) is 6.28. The summed E-state index contributed by atoms with van der Waals surface area (Å²) in [7, 11) is 0. The predicted octanol–water partition coefficient (Wildman–Crippen LogP) is 2.42. The number of aliphatic hydroxyl groups is 1. The number of hydrogen-bond acceptors (Lipinski definition) is 6. The van der Waals surface area contributed by atoms with Crippen LogP contribution in [0.2, 0.25) is 0 Å². The molecule has 146 valence electrons. The van der Waals surface area contributed by atoms with Gasteiger partial charge in [0, 0.05) is 0 Å². The molecule has 0 spiro atoms. The number of hydrogen-bond donors (Lipinski definition) is 1. The molecular weight excluding hydrogens is 312 g/mol. The Bertz CT molecular complexity index is 228. The van der Waals surface area contributed by atoms with E-state index in [0.717, 1.165) is 12.8 Å². The van der Waals surface area contributed by atoms with Gasteiger partial charge in [-0.25, -0.2) is 0 Å². The highest BCUT2D eigenvalue weighted by molar-refractivity contribution is 4.57. The van der Waals surface area contributed by atoms with Crippen LogP contribution in [-0.2, 0) is 23.7 Å². The smallest absolute Gasteiger partial charge is 0.0704 e. The maximum absolute atomic E-state index is 8.52. The molecular formula is C18H38O6. The van der Waals surface area contributed by atoms with Gasteiger partial charge in [-0.2, -0.15) is 0 Å². The topological polar surface area (TPSA) is 66.4 Å². The van der Waals surface area contributed by atoms with Crippen molar-refractivity contribution >= 4 is 0 Å². The molecule has 24 heavy (non-hydrogen) atoms. The van der Waals surface area contributed by atoms with Crippen molar-refractivity contribution < 1.29 is 28.8 Å². The average molecular weight is 350 g/mol. The fraction of sp³-hybridized carbons (Fsp3) is 1.00. The highest BCUT2D eigenvalue weighted by Gasteiger charge is 2.06. The van der Waals surface area contributed by atoms with E-state index < -0.39 is 0 Å². The van der Waals surface area contributed by atoms with Crippen LogP contribution in [0.15, 0.2) is 0 Å². The number of ether oxygens (including phenoxy) is 5. The van der Waals surface area contributed by atoms with Gasteiger partial charge in [-0.15, -0.1) is 0 Å². The van der Waals surface area contributed by atoms with Crippen molar-refractivity contribution in [1.29, 1.82) is 0 Å². The van der Waals surface area contributed by atoms with Crippen LogP contribution in [0.3, 0.4) is 0 Å². The Labute approximate surface area is 147 Å². The van der Waals surface area contributed by atoms with Gasteiger partial charge in [0.1, 0.15) is 0 Å². The first-order valence-corrected chi connectivity index (χ1v) is 9.38. The van der Waals surface area contributed by atoms with Gasteiger partial charge in [-0.05, 0) is 12.8 Å². The Morgan fingerprint density at radius 1 is 0.625 bits per heavy atom. The number of rotatable bonds is 20. The molecule has 6 nitrogen and oxygen atoms in total. The van der Waals surface area contributed by atoms with E-state index in [-0.39, 0.29) is 6.61 Å². The summed E-state index contributed by atoms with van der Waals surface area (Å²) < 4.78 is 27.2. The van der Waals surface area contributed by atoms with E-state index in [9.17, 15) is 0 Å². The Hall–Kier alpha value is -0.240. The molecule has 0 aliphatic heterocycles. The molecule has 0 aromatic rings. The van der Waals surface area contributed by atoms with Gasteiger partial charge in [0.2, 0.25) is 0 Å².